The maximum atomic E-state index is 12.2. The molecule has 0 fully saturated rings. The molecule has 0 aliphatic rings. The molecule has 0 radical (unpaired) electrons. The molecule has 25 heavy (non-hydrogen) atoms. The minimum absolute atomic E-state index is 0.0672. The summed E-state index contributed by atoms with van der Waals surface area (Å²) in [5, 5.41) is 4.60. The lowest BCUT2D eigenvalue weighted by atomic mass is 10.2. The van der Waals surface area contributed by atoms with Crippen LogP contribution < -0.4 is 21.5 Å². The van der Waals surface area contributed by atoms with Gasteiger partial charge < -0.3 is 14.9 Å². The minimum atomic E-state index is -0.705. The number of amides is 2. The molecule has 1 aromatic heterocycles. The lowest BCUT2D eigenvalue weighted by Gasteiger charge is -2.04. The Balaban J connectivity index is 1.98. The SMILES string of the molecule is COc1cccc(C(=O)NN=c2oc3ccccc3cc2C(N)=O)c1. The first-order valence-corrected chi connectivity index (χ1v) is 7.39. The summed E-state index contributed by atoms with van der Waals surface area (Å²) in [6.07, 6.45) is 0. The molecule has 2 amide bonds. The Morgan fingerprint density at radius 2 is 1.92 bits per heavy atom. The third kappa shape index (κ3) is 3.50. The molecule has 3 N–H and O–H groups in total. The Labute approximate surface area is 142 Å². The molecule has 0 aliphatic carbocycles. The summed E-state index contributed by atoms with van der Waals surface area (Å²) in [5.74, 6) is -0.637. The molecule has 0 saturated carbocycles. The van der Waals surface area contributed by atoms with Crippen molar-refractivity contribution in [3.05, 3.63) is 71.3 Å². The van der Waals surface area contributed by atoms with Gasteiger partial charge in [-0.3, -0.25) is 9.59 Å². The van der Waals surface area contributed by atoms with Crippen molar-refractivity contribution in [3.63, 3.8) is 0 Å². The molecule has 0 bridgehead atoms. The van der Waals surface area contributed by atoms with E-state index >= 15 is 0 Å². The van der Waals surface area contributed by atoms with Crippen LogP contribution in [0.4, 0.5) is 0 Å². The van der Waals surface area contributed by atoms with E-state index in [2.05, 4.69) is 10.5 Å². The highest BCUT2D eigenvalue weighted by molar-refractivity contribution is 5.96. The number of carbonyl (C=O) groups excluding carboxylic acids is 2. The number of fused-ring (bicyclic) bond motifs is 1. The average Bonchev–Trinajstić information content (AvgIpc) is 2.65. The van der Waals surface area contributed by atoms with Crippen molar-refractivity contribution < 1.29 is 18.7 Å². The quantitative estimate of drug-likeness (QED) is 0.708. The summed E-state index contributed by atoms with van der Waals surface area (Å²) >= 11 is 0. The number of nitrogens with two attached hydrogens (primary N) is 1. The van der Waals surface area contributed by atoms with Crippen LogP contribution in [0.5, 0.6) is 5.75 Å². The largest absolute Gasteiger partial charge is 0.497 e. The van der Waals surface area contributed by atoms with Gasteiger partial charge in [-0.25, -0.2) is 5.43 Å². The first-order valence-electron chi connectivity index (χ1n) is 7.39. The van der Waals surface area contributed by atoms with Gasteiger partial charge in [0.25, 0.3) is 11.8 Å². The second kappa shape index (κ2) is 6.88. The zero-order chi connectivity index (χ0) is 17.8. The van der Waals surface area contributed by atoms with E-state index in [9.17, 15) is 9.59 Å². The third-order valence-electron chi connectivity index (χ3n) is 3.51. The van der Waals surface area contributed by atoms with E-state index in [4.69, 9.17) is 14.9 Å². The molecule has 0 unspecified atom stereocenters. The lowest BCUT2D eigenvalue weighted by Crippen LogP contribution is -2.27. The van der Waals surface area contributed by atoms with Gasteiger partial charge in [0, 0.05) is 10.9 Å². The number of methoxy groups -OCH3 is 1. The highest BCUT2D eigenvalue weighted by Crippen LogP contribution is 2.13. The van der Waals surface area contributed by atoms with Crippen LogP contribution >= 0.6 is 0 Å². The highest BCUT2D eigenvalue weighted by atomic mass is 16.5. The summed E-state index contributed by atoms with van der Waals surface area (Å²) in [7, 11) is 1.51. The molecule has 2 aromatic carbocycles. The molecule has 0 aliphatic heterocycles. The average molecular weight is 337 g/mol. The number of nitrogens with one attached hydrogen (secondary N) is 1. The zero-order valence-corrected chi connectivity index (χ0v) is 13.4. The van der Waals surface area contributed by atoms with Gasteiger partial charge in [-0.15, -0.1) is 5.10 Å². The number of hydrogen-bond donors (Lipinski definition) is 2. The number of primary amides is 1. The predicted octanol–water partition coefficient (Wildman–Crippen LogP) is 1.79. The topological polar surface area (TPSA) is 107 Å². The molecule has 0 spiro atoms. The fourth-order valence-corrected chi connectivity index (χ4v) is 2.26. The van der Waals surface area contributed by atoms with E-state index in [0.717, 1.165) is 0 Å². The van der Waals surface area contributed by atoms with E-state index in [0.29, 0.717) is 22.3 Å². The molecule has 1 heterocycles. The molecular weight excluding hydrogens is 322 g/mol. The van der Waals surface area contributed by atoms with E-state index < -0.39 is 11.8 Å². The van der Waals surface area contributed by atoms with E-state index in [-0.39, 0.29) is 11.1 Å². The summed E-state index contributed by atoms with van der Waals surface area (Å²) in [5.41, 5.74) is 8.60. The Bertz CT molecular complexity index is 1020. The van der Waals surface area contributed by atoms with Gasteiger partial charge in [-0.1, -0.05) is 24.3 Å². The number of benzene rings is 2. The predicted molar refractivity (Wildman–Crippen MR) is 90.8 cm³/mol. The minimum Gasteiger partial charge on any atom is -0.497 e. The van der Waals surface area contributed by atoms with E-state index in [1.165, 1.54) is 7.11 Å². The number of hydrogen-bond acceptors (Lipinski definition) is 5. The number of ether oxygens (including phenoxy) is 1. The second-order valence-electron chi connectivity index (χ2n) is 5.15. The molecule has 7 heteroatoms. The van der Waals surface area contributed by atoms with Crippen LogP contribution in [-0.2, 0) is 0 Å². The van der Waals surface area contributed by atoms with Crippen LogP contribution in [-0.4, -0.2) is 18.9 Å². The third-order valence-corrected chi connectivity index (χ3v) is 3.51. The van der Waals surface area contributed by atoms with E-state index in [1.807, 2.05) is 6.07 Å². The Kier molecular flexibility index (Phi) is 4.47. The molecule has 3 rings (SSSR count). The summed E-state index contributed by atoms with van der Waals surface area (Å²) in [4.78, 5) is 23.8. The number of carbonyl (C=O) groups is 2. The number of para-hydroxylation sites is 1. The molecule has 0 saturated heterocycles. The van der Waals surface area contributed by atoms with Crippen molar-refractivity contribution in [1.29, 1.82) is 0 Å². The van der Waals surface area contributed by atoms with Gasteiger partial charge in [0.1, 0.15) is 16.9 Å². The van der Waals surface area contributed by atoms with Gasteiger partial charge in [-0.2, -0.15) is 0 Å². The fraction of sp³-hybridized carbons (Fsp3) is 0.0556. The zero-order valence-electron chi connectivity index (χ0n) is 13.4. The van der Waals surface area contributed by atoms with Gasteiger partial charge in [-0.05, 0) is 30.3 Å². The van der Waals surface area contributed by atoms with Crippen molar-refractivity contribution in [3.8, 4) is 5.75 Å². The molecule has 7 nitrogen and oxygen atoms in total. The Hall–Kier alpha value is -3.61. The van der Waals surface area contributed by atoms with Crippen LogP contribution in [0.15, 0.2) is 64.1 Å². The first kappa shape index (κ1) is 16.3. The monoisotopic (exact) mass is 337 g/mol. The molecule has 126 valence electrons. The van der Waals surface area contributed by atoms with Crippen LogP contribution in [0.1, 0.15) is 20.7 Å². The van der Waals surface area contributed by atoms with Crippen LogP contribution in [0.2, 0.25) is 0 Å². The van der Waals surface area contributed by atoms with E-state index in [1.54, 1.807) is 48.5 Å². The highest BCUT2D eigenvalue weighted by Gasteiger charge is 2.10. The van der Waals surface area contributed by atoms with Crippen molar-refractivity contribution in [2.24, 2.45) is 10.8 Å². The van der Waals surface area contributed by atoms with Crippen molar-refractivity contribution in [2.75, 3.05) is 7.11 Å². The van der Waals surface area contributed by atoms with Crippen LogP contribution in [0.25, 0.3) is 11.0 Å². The maximum absolute atomic E-state index is 12.2. The van der Waals surface area contributed by atoms with Gasteiger partial charge in [0.15, 0.2) is 0 Å². The summed E-state index contributed by atoms with van der Waals surface area (Å²) in [6, 6.07) is 15.3. The van der Waals surface area contributed by atoms with Crippen molar-refractivity contribution in [2.45, 2.75) is 0 Å². The van der Waals surface area contributed by atoms with Crippen molar-refractivity contribution >= 4 is 22.8 Å². The van der Waals surface area contributed by atoms with Crippen LogP contribution in [0.3, 0.4) is 0 Å². The molecule has 3 aromatic rings. The lowest BCUT2D eigenvalue weighted by molar-refractivity contribution is 0.0946. The Morgan fingerprint density at radius 3 is 2.68 bits per heavy atom. The molecular formula is C18H15N3O4. The fourth-order valence-electron chi connectivity index (χ4n) is 2.26. The van der Waals surface area contributed by atoms with Crippen LogP contribution in [0, 0.1) is 0 Å². The van der Waals surface area contributed by atoms with Gasteiger partial charge in [0.05, 0.1) is 7.11 Å². The van der Waals surface area contributed by atoms with Crippen molar-refractivity contribution in [1.82, 2.24) is 5.43 Å². The van der Waals surface area contributed by atoms with Gasteiger partial charge in [0.2, 0.25) is 5.55 Å². The smallest absolute Gasteiger partial charge is 0.271 e. The number of nitrogens with zero attached hydrogens (tertiary/aromatic N) is 1. The van der Waals surface area contributed by atoms with Gasteiger partial charge >= 0.3 is 0 Å². The normalized spacial score (nSPS) is 11.3. The first-order chi connectivity index (χ1) is 12.1. The molecule has 0 atom stereocenters. The summed E-state index contributed by atoms with van der Waals surface area (Å²) in [6.45, 7) is 0. The standard InChI is InChI=1S/C18H15N3O4/c1-24-13-7-4-6-12(9-13)17(23)20-21-18-14(16(19)22)10-11-5-2-3-8-15(11)25-18/h2-10H,1H3,(H2,19,22)(H,20,23). The summed E-state index contributed by atoms with van der Waals surface area (Å²) < 4.78 is 10.7. The number of rotatable bonds is 4. The second-order valence-corrected chi connectivity index (χ2v) is 5.15. The Morgan fingerprint density at radius 1 is 1.12 bits per heavy atom. The maximum Gasteiger partial charge on any atom is 0.271 e.